The van der Waals surface area contributed by atoms with Gasteiger partial charge in [0.05, 0.1) is 13.7 Å². The summed E-state index contributed by atoms with van der Waals surface area (Å²) < 4.78 is 13.1. The van der Waals surface area contributed by atoms with Crippen molar-refractivity contribution in [3.05, 3.63) is 42.0 Å². The summed E-state index contributed by atoms with van der Waals surface area (Å²) in [5.41, 5.74) is 1.16. The van der Waals surface area contributed by atoms with Crippen molar-refractivity contribution in [3.63, 3.8) is 0 Å². The summed E-state index contributed by atoms with van der Waals surface area (Å²) in [6.07, 6.45) is 4.49. The number of alkyl halides is 1. The van der Waals surface area contributed by atoms with Crippen LogP contribution in [0.15, 0.2) is 30.6 Å². The second-order valence-corrected chi connectivity index (χ2v) is 4.73. The molecule has 0 fully saturated rings. The minimum absolute atomic E-state index is 0.578. The average Bonchev–Trinajstić information content (AvgIpc) is 2.84. The van der Waals surface area contributed by atoms with Crippen molar-refractivity contribution in [2.45, 2.75) is 11.8 Å². The van der Waals surface area contributed by atoms with Crippen molar-refractivity contribution < 1.29 is 9.47 Å². The Kier molecular flexibility index (Phi) is 4.85. The highest BCUT2D eigenvalue weighted by Crippen LogP contribution is 2.28. The molecule has 1 aromatic carbocycles. The molecule has 2 rings (SSSR count). The molecule has 102 valence electrons. The first-order valence-corrected chi connectivity index (χ1v) is 7.18. The van der Waals surface area contributed by atoms with Gasteiger partial charge in [-0.1, -0.05) is 22.0 Å². The van der Waals surface area contributed by atoms with E-state index in [1.54, 1.807) is 13.3 Å². The molecular weight excluding hydrogens is 308 g/mol. The summed E-state index contributed by atoms with van der Waals surface area (Å²) in [5, 5.41) is 0.802. The van der Waals surface area contributed by atoms with Crippen LogP contribution in [-0.4, -0.2) is 23.3 Å². The van der Waals surface area contributed by atoms with Crippen LogP contribution in [0.3, 0.4) is 0 Å². The number of methoxy groups -OCH3 is 1. The Morgan fingerprint density at radius 2 is 2.16 bits per heavy atom. The molecule has 0 amide bonds. The van der Waals surface area contributed by atoms with Crippen LogP contribution in [0, 0.1) is 0 Å². The number of hydrogen-bond acceptors (Lipinski definition) is 3. The zero-order valence-corrected chi connectivity index (χ0v) is 12.7. The van der Waals surface area contributed by atoms with Gasteiger partial charge in [0.15, 0.2) is 11.5 Å². The van der Waals surface area contributed by atoms with Crippen LogP contribution in [-0.2, 0) is 18.8 Å². The van der Waals surface area contributed by atoms with E-state index in [2.05, 4.69) is 20.9 Å². The highest BCUT2D eigenvalue weighted by Gasteiger charge is 2.06. The van der Waals surface area contributed by atoms with Crippen molar-refractivity contribution in [3.8, 4) is 11.5 Å². The van der Waals surface area contributed by atoms with E-state index in [1.807, 2.05) is 36.0 Å². The SMILES string of the molecule is COc1cc(CBr)ccc1OCCc1nccn1C. The second-order valence-electron chi connectivity index (χ2n) is 4.17. The van der Waals surface area contributed by atoms with E-state index in [4.69, 9.17) is 9.47 Å². The molecule has 0 aliphatic heterocycles. The molecule has 19 heavy (non-hydrogen) atoms. The lowest BCUT2D eigenvalue weighted by Crippen LogP contribution is -2.06. The van der Waals surface area contributed by atoms with Crippen molar-refractivity contribution in [2.24, 2.45) is 7.05 Å². The van der Waals surface area contributed by atoms with Gasteiger partial charge in [-0.15, -0.1) is 0 Å². The normalized spacial score (nSPS) is 10.5. The molecule has 0 saturated heterocycles. The van der Waals surface area contributed by atoms with E-state index < -0.39 is 0 Å². The number of ether oxygens (including phenoxy) is 2. The number of benzene rings is 1. The molecule has 2 aromatic rings. The molecule has 0 aliphatic rings. The largest absolute Gasteiger partial charge is 0.493 e. The van der Waals surface area contributed by atoms with E-state index in [0.29, 0.717) is 6.61 Å². The average molecular weight is 325 g/mol. The molecule has 5 heteroatoms. The molecule has 0 saturated carbocycles. The fraction of sp³-hybridized carbons (Fsp3) is 0.357. The van der Waals surface area contributed by atoms with E-state index in [1.165, 1.54) is 0 Å². The first-order valence-electron chi connectivity index (χ1n) is 6.06. The van der Waals surface area contributed by atoms with Crippen LogP contribution >= 0.6 is 15.9 Å². The van der Waals surface area contributed by atoms with Gasteiger partial charge in [-0.05, 0) is 17.7 Å². The van der Waals surface area contributed by atoms with E-state index in [-0.39, 0.29) is 0 Å². The van der Waals surface area contributed by atoms with Crippen molar-refractivity contribution in [1.29, 1.82) is 0 Å². The van der Waals surface area contributed by atoms with Gasteiger partial charge in [0.2, 0.25) is 0 Å². The highest BCUT2D eigenvalue weighted by molar-refractivity contribution is 9.08. The lowest BCUT2D eigenvalue weighted by atomic mass is 10.2. The second kappa shape index (κ2) is 6.61. The fourth-order valence-corrected chi connectivity index (χ4v) is 2.15. The Balaban J connectivity index is 1.97. The topological polar surface area (TPSA) is 36.3 Å². The quantitative estimate of drug-likeness (QED) is 0.766. The number of hydrogen-bond donors (Lipinski definition) is 0. The Morgan fingerprint density at radius 3 is 2.79 bits per heavy atom. The number of rotatable bonds is 6. The van der Waals surface area contributed by atoms with Gasteiger partial charge in [-0.3, -0.25) is 0 Å². The third-order valence-electron chi connectivity index (χ3n) is 2.89. The minimum atomic E-state index is 0.578. The lowest BCUT2D eigenvalue weighted by Gasteiger charge is -2.11. The van der Waals surface area contributed by atoms with Crippen LogP contribution in [0.25, 0.3) is 0 Å². The molecule has 0 atom stereocenters. The van der Waals surface area contributed by atoms with Gasteiger partial charge in [-0.25, -0.2) is 4.98 Å². The first-order chi connectivity index (χ1) is 9.24. The van der Waals surface area contributed by atoms with Crippen molar-refractivity contribution >= 4 is 15.9 Å². The van der Waals surface area contributed by atoms with E-state index >= 15 is 0 Å². The summed E-state index contributed by atoms with van der Waals surface area (Å²) in [6, 6.07) is 5.94. The highest BCUT2D eigenvalue weighted by atomic mass is 79.9. The van der Waals surface area contributed by atoms with Crippen LogP contribution in [0.1, 0.15) is 11.4 Å². The zero-order valence-electron chi connectivity index (χ0n) is 11.1. The molecule has 0 bridgehead atoms. The smallest absolute Gasteiger partial charge is 0.161 e. The van der Waals surface area contributed by atoms with Crippen molar-refractivity contribution in [2.75, 3.05) is 13.7 Å². The van der Waals surface area contributed by atoms with Gasteiger partial charge in [0, 0.05) is 31.2 Å². The molecular formula is C14H17BrN2O2. The molecule has 0 spiro atoms. The van der Waals surface area contributed by atoms with Crippen LogP contribution in [0.5, 0.6) is 11.5 Å². The Morgan fingerprint density at radius 1 is 1.32 bits per heavy atom. The summed E-state index contributed by atoms with van der Waals surface area (Å²) in [7, 11) is 3.63. The lowest BCUT2D eigenvalue weighted by molar-refractivity contribution is 0.294. The number of aryl methyl sites for hydroxylation is 1. The maximum absolute atomic E-state index is 5.76. The maximum Gasteiger partial charge on any atom is 0.161 e. The van der Waals surface area contributed by atoms with Crippen LogP contribution < -0.4 is 9.47 Å². The summed E-state index contributed by atoms with van der Waals surface area (Å²) in [5.74, 6) is 2.54. The predicted octanol–water partition coefficient (Wildman–Crippen LogP) is 2.95. The van der Waals surface area contributed by atoms with Crippen molar-refractivity contribution in [1.82, 2.24) is 9.55 Å². The first kappa shape index (κ1) is 13.9. The van der Waals surface area contributed by atoms with Crippen LogP contribution in [0.4, 0.5) is 0 Å². The minimum Gasteiger partial charge on any atom is -0.493 e. The number of nitrogens with zero attached hydrogens (tertiary/aromatic N) is 2. The Labute approximate surface area is 121 Å². The molecule has 0 radical (unpaired) electrons. The summed E-state index contributed by atoms with van der Waals surface area (Å²) >= 11 is 3.42. The third kappa shape index (κ3) is 3.50. The molecule has 4 nitrogen and oxygen atoms in total. The monoisotopic (exact) mass is 324 g/mol. The number of halogens is 1. The van der Waals surface area contributed by atoms with E-state index in [9.17, 15) is 0 Å². The Bertz CT molecular complexity index is 540. The van der Waals surface area contributed by atoms with Gasteiger partial charge < -0.3 is 14.0 Å². The summed E-state index contributed by atoms with van der Waals surface area (Å²) in [6.45, 7) is 0.578. The summed E-state index contributed by atoms with van der Waals surface area (Å²) in [4.78, 5) is 4.26. The molecule has 0 unspecified atom stereocenters. The van der Waals surface area contributed by atoms with Crippen LogP contribution in [0.2, 0.25) is 0 Å². The molecule has 1 heterocycles. The Hall–Kier alpha value is -1.49. The maximum atomic E-state index is 5.76. The third-order valence-corrected chi connectivity index (χ3v) is 3.53. The fourth-order valence-electron chi connectivity index (χ4n) is 1.80. The number of aromatic nitrogens is 2. The zero-order chi connectivity index (χ0) is 13.7. The van der Waals surface area contributed by atoms with E-state index in [0.717, 1.165) is 34.6 Å². The molecule has 0 N–H and O–H groups in total. The number of imidazole rings is 1. The predicted molar refractivity (Wildman–Crippen MR) is 78.0 cm³/mol. The van der Waals surface area contributed by atoms with Gasteiger partial charge in [0.1, 0.15) is 5.82 Å². The van der Waals surface area contributed by atoms with Gasteiger partial charge >= 0.3 is 0 Å². The molecule has 0 aliphatic carbocycles. The standard InChI is InChI=1S/C14H17BrN2O2/c1-17-7-6-16-14(17)5-8-19-12-4-3-11(10-15)9-13(12)18-2/h3-4,6-7,9H,5,8,10H2,1-2H3. The van der Waals surface area contributed by atoms with Gasteiger partial charge in [-0.2, -0.15) is 0 Å². The van der Waals surface area contributed by atoms with Gasteiger partial charge in [0.25, 0.3) is 0 Å². The molecule has 1 aromatic heterocycles.